The first kappa shape index (κ1) is 23.5. The van der Waals surface area contributed by atoms with Crippen LogP contribution in [0.5, 0.6) is 0 Å². The Bertz CT molecular complexity index is 359. The Morgan fingerprint density at radius 3 is 2.21 bits per heavy atom. The van der Waals surface area contributed by atoms with Gasteiger partial charge in [0.2, 0.25) is 0 Å². The highest BCUT2D eigenvalue weighted by atomic mass is 32.2. The van der Waals surface area contributed by atoms with E-state index in [1.165, 1.54) is 11.8 Å². The summed E-state index contributed by atoms with van der Waals surface area (Å²) in [6, 6.07) is 0. The molecule has 0 aromatic heterocycles. The van der Waals surface area contributed by atoms with Crippen molar-refractivity contribution in [2.24, 2.45) is 5.92 Å². The van der Waals surface area contributed by atoms with E-state index >= 15 is 0 Å². The molecule has 0 aliphatic carbocycles. The minimum absolute atomic E-state index is 0.191. The van der Waals surface area contributed by atoms with Crippen molar-refractivity contribution < 1.29 is 31.5 Å². The zero-order valence-corrected chi connectivity index (χ0v) is 15.2. The summed E-state index contributed by atoms with van der Waals surface area (Å²) in [5.74, 6) is -4.11. The van der Waals surface area contributed by atoms with Crippen LogP contribution in [0.1, 0.15) is 59.3 Å². The lowest BCUT2D eigenvalue weighted by atomic mass is 10.1. The van der Waals surface area contributed by atoms with Crippen LogP contribution in [-0.2, 0) is 9.53 Å². The molecule has 0 spiro atoms. The van der Waals surface area contributed by atoms with E-state index in [2.05, 4.69) is 0 Å². The van der Waals surface area contributed by atoms with Crippen LogP contribution in [0.25, 0.3) is 0 Å². The fourth-order valence-electron chi connectivity index (χ4n) is 1.87. The molecule has 0 heterocycles. The van der Waals surface area contributed by atoms with Gasteiger partial charge in [-0.3, -0.25) is 4.79 Å². The summed E-state index contributed by atoms with van der Waals surface area (Å²) >= 11 is 1.39. The minimum atomic E-state index is -5.48. The predicted octanol–water partition coefficient (Wildman–Crippen LogP) is 5.85. The van der Waals surface area contributed by atoms with Crippen molar-refractivity contribution in [1.29, 1.82) is 0 Å². The fraction of sp³-hybridized carbons (Fsp3) is 0.938. The standard InChI is InChI=1S/C16H27F5O2S/c1-4-8-13(14(22)23-11-12(2)3)24-10-7-5-6-9-15(17,18)16(19,20)21/h12-13H,4-11H2,1-3H3. The average molecular weight is 378 g/mol. The zero-order valence-electron chi connectivity index (χ0n) is 14.4. The molecule has 0 bridgehead atoms. The smallest absolute Gasteiger partial charge is 0.453 e. The van der Waals surface area contributed by atoms with Gasteiger partial charge in [0.1, 0.15) is 5.25 Å². The molecule has 0 amide bonds. The number of unbranched alkanes of at least 4 members (excludes halogenated alkanes) is 2. The Morgan fingerprint density at radius 2 is 1.71 bits per heavy atom. The van der Waals surface area contributed by atoms with Crippen molar-refractivity contribution in [1.82, 2.24) is 0 Å². The lowest BCUT2D eigenvalue weighted by molar-refractivity contribution is -0.284. The van der Waals surface area contributed by atoms with Crippen molar-refractivity contribution in [3.63, 3.8) is 0 Å². The third-order valence-corrected chi connectivity index (χ3v) is 4.60. The number of alkyl halides is 5. The van der Waals surface area contributed by atoms with E-state index in [1.54, 1.807) is 0 Å². The van der Waals surface area contributed by atoms with Crippen molar-refractivity contribution >= 4 is 17.7 Å². The second kappa shape index (κ2) is 11.2. The molecule has 0 saturated heterocycles. The molecule has 0 N–H and O–H groups in total. The van der Waals surface area contributed by atoms with Gasteiger partial charge in [-0.15, -0.1) is 11.8 Å². The molecule has 0 fully saturated rings. The van der Waals surface area contributed by atoms with Gasteiger partial charge in [0.15, 0.2) is 0 Å². The Hall–Kier alpha value is -0.530. The number of hydrogen-bond acceptors (Lipinski definition) is 3. The van der Waals surface area contributed by atoms with Crippen LogP contribution in [0.3, 0.4) is 0 Å². The molecule has 0 aliphatic rings. The maximum Gasteiger partial charge on any atom is 0.453 e. The first-order valence-electron chi connectivity index (χ1n) is 8.24. The highest BCUT2D eigenvalue weighted by molar-refractivity contribution is 8.00. The highest BCUT2D eigenvalue weighted by Crippen LogP contribution is 2.39. The molecule has 0 radical (unpaired) electrons. The Morgan fingerprint density at radius 1 is 1.08 bits per heavy atom. The molecule has 0 rings (SSSR count). The van der Waals surface area contributed by atoms with Gasteiger partial charge < -0.3 is 4.74 Å². The monoisotopic (exact) mass is 378 g/mol. The number of carbonyl (C=O) groups excluding carboxylic acids is 1. The van der Waals surface area contributed by atoms with Crippen LogP contribution in [0, 0.1) is 5.92 Å². The van der Waals surface area contributed by atoms with Gasteiger partial charge in [-0.2, -0.15) is 22.0 Å². The quantitative estimate of drug-likeness (QED) is 0.242. The normalized spacial score (nSPS) is 14.0. The first-order chi connectivity index (χ1) is 11.0. The van der Waals surface area contributed by atoms with E-state index < -0.39 is 18.5 Å². The summed E-state index contributed by atoms with van der Waals surface area (Å²) in [7, 11) is 0. The Labute approximate surface area is 144 Å². The first-order valence-corrected chi connectivity index (χ1v) is 9.29. The summed E-state index contributed by atoms with van der Waals surface area (Å²) < 4.78 is 66.7. The van der Waals surface area contributed by atoms with Gasteiger partial charge in [-0.1, -0.05) is 33.6 Å². The SMILES string of the molecule is CCCC(SCCCCCC(F)(F)C(F)(F)F)C(=O)OCC(C)C. The summed E-state index contributed by atoms with van der Waals surface area (Å²) in [4.78, 5) is 11.9. The van der Waals surface area contributed by atoms with E-state index in [9.17, 15) is 26.7 Å². The summed E-state index contributed by atoms with van der Waals surface area (Å²) in [5.41, 5.74) is 0. The van der Waals surface area contributed by atoms with Crippen LogP contribution < -0.4 is 0 Å². The van der Waals surface area contributed by atoms with Crippen LogP contribution in [0.15, 0.2) is 0 Å². The number of hydrogen-bond donors (Lipinski definition) is 0. The van der Waals surface area contributed by atoms with Crippen molar-refractivity contribution in [3.8, 4) is 0 Å². The molecule has 0 saturated carbocycles. The average Bonchev–Trinajstić information content (AvgIpc) is 2.45. The van der Waals surface area contributed by atoms with E-state index in [-0.39, 0.29) is 30.0 Å². The third kappa shape index (κ3) is 9.69. The van der Waals surface area contributed by atoms with E-state index in [1.807, 2.05) is 20.8 Å². The molecule has 0 aromatic rings. The summed E-state index contributed by atoms with van der Waals surface area (Å²) in [6.45, 7) is 6.17. The second-order valence-corrected chi connectivity index (χ2v) is 7.50. The van der Waals surface area contributed by atoms with Crippen molar-refractivity contribution in [3.05, 3.63) is 0 Å². The van der Waals surface area contributed by atoms with Gasteiger partial charge in [-0.25, -0.2) is 0 Å². The molecular weight excluding hydrogens is 351 g/mol. The lowest BCUT2D eigenvalue weighted by Crippen LogP contribution is -2.36. The Kier molecular flexibility index (Phi) is 10.9. The van der Waals surface area contributed by atoms with Crippen LogP contribution in [0.2, 0.25) is 0 Å². The molecule has 2 nitrogen and oxygen atoms in total. The number of thioether (sulfide) groups is 1. The van der Waals surface area contributed by atoms with Gasteiger partial charge in [-0.05, 0) is 30.9 Å². The maximum absolute atomic E-state index is 12.7. The Balaban J connectivity index is 4.02. The molecule has 0 aliphatic heterocycles. The maximum atomic E-state index is 12.7. The molecule has 144 valence electrons. The summed E-state index contributed by atoms with van der Waals surface area (Å²) in [6.07, 6.45) is -4.61. The number of ether oxygens (including phenoxy) is 1. The molecule has 1 unspecified atom stereocenters. The number of esters is 1. The number of carbonyl (C=O) groups is 1. The minimum Gasteiger partial charge on any atom is -0.465 e. The van der Waals surface area contributed by atoms with E-state index in [4.69, 9.17) is 4.74 Å². The van der Waals surface area contributed by atoms with Crippen molar-refractivity contribution in [2.45, 2.75) is 76.6 Å². The lowest BCUT2D eigenvalue weighted by Gasteiger charge is -2.19. The molecular formula is C16H27F5O2S. The van der Waals surface area contributed by atoms with Gasteiger partial charge in [0, 0.05) is 6.42 Å². The molecule has 8 heteroatoms. The number of rotatable bonds is 12. The van der Waals surface area contributed by atoms with Gasteiger partial charge in [0.25, 0.3) is 0 Å². The highest BCUT2D eigenvalue weighted by Gasteiger charge is 2.56. The van der Waals surface area contributed by atoms with Crippen LogP contribution in [-0.4, -0.2) is 35.7 Å². The predicted molar refractivity (Wildman–Crippen MR) is 86.4 cm³/mol. The molecule has 24 heavy (non-hydrogen) atoms. The van der Waals surface area contributed by atoms with Crippen LogP contribution in [0.4, 0.5) is 22.0 Å². The fourth-order valence-corrected chi connectivity index (χ4v) is 3.13. The van der Waals surface area contributed by atoms with E-state index in [0.29, 0.717) is 25.2 Å². The van der Waals surface area contributed by atoms with Crippen LogP contribution >= 0.6 is 11.8 Å². The third-order valence-electron chi connectivity index (χ3n) is 3.24. The summed E-state index contributed by atoms with van der Waals surface area (Å²) in [5, 5.41) is -0.301. The van der Waals surface area contributed by atoms with Gasteiger partial charge in [0.05, 0.1) is 6.61 Å². The van der Waals surface area contributed by atoms with E-state index in [0.717, 1.165) is 6.42 Å². The molecule has 1 atom stereocenters. The topological polar surface area (TPSA) is 26.3 Å². The molecule has 0 aromatic carbocycles. The largest absolute Gasteiger partial charge is 0.465 e. The number of halogens is 5. The second-order valence-electron chi connectivity index (χ2n) is 6.18. The van der Waals surface area contributed by atoms with Gasteiger partial charge >= 0.3 is 18.1 Å². The zero-order chi connectivity index (χ0) is 18.8. The van der Waals surface area contributed by atoms with Crippen molar-refractivity contribution in [2.75, 3.05) is 12.4 Å².